The number of carbonyl (C=O) groups excluding carboxylic acids is 2. The fourth-order valence-corrected chi connectivity index (χ4v) is 5.36. The van der Waals surface area contributed by atoms with Gasteiger partial charge in [0.15, 0.2) is 20.9 Å². The maximum atomic E-state index is 13.0. The molecule has 2 amide bonds. The summed E-state index contributed by atoms with van der Waals surface area (Å²) >= 11 is 0. The second-order valence-corrected chi connectivity index (χ2v) is 12.6. The zero-order valence-electron chi connectivity index (χ0n) is 21.5. The second-order valence-electron chi connectivity index (χ2n) is 10.1. The van der Waals surface area contributed by atoms with E-state index in [1.807, 2.05) is 6.07 Å². The molecule has 1 N–H and O–H groups in total. The zero-order valence-corrected chi connectivity index (χ0v) is 22.3. The summed E-state index contributed by atoms with van der Waals surface area (Å²) in [4.78, 5) is 34.9. The standard InChI is InChI=1S/C27H33N3O6S/c1-27(37(3,33)34,26(32)28-36-24-10-6-7-15-35-24)13-14-30-19-22-16-20(11-12-23(22)25(30)31)8-4-5-9-21-17-29(2)18-21/h11-12,16,21,24H,6-7,10,13-15,17-19H2,1-3H3,(H,28,32). The summed E-state index contributed by atoms with van der Waals surface area (Å²) in [6, 6.07) is 5.38. The first-order valence-electron chi connectivity index (χ1n) is 12.5. The van der Waals surface area contributed by atoms with Crippen LogP contribution in [0.1, 0.15) is 54.1 Å². The Hall–Kier alpha value is -2.89. The van der Waals surface area contributed by atoms with E-state index in [1.54, 1.807) is 17.0 Å². The second kappa shape index (κ2) is 11.2. The van der Waals surface area contributed by atoms with Crippen molar-refractivity contribution >= 4 is 21.7 Å². The number of likely N-dealkylation sites (tertiary alicyclic amines) is 1. The van der Waals surface area contributed by atoms with E-state index in [9.17, 15) is 18.0 Å². The molecule has 37 heavy (non-hydrogen) atoms. The number of amides is 2. The number of ether oxygens (including phenoxy) is 1. The number of hydrogen-bond acceptors (Lipinski definition) is 7. The van der Waals surface area contributed by atoms with E-state index in [1.165, 1.54) is 6.92 Å². The minimum atomic E-state index is -3.82. The van der Waals surface area contributed by atoms with Crippen LogP contribution in [-0.4, -0.2) is 80.6 Å². The molecule has 2 unspecified atom stereocenters. The SMILES string of the molecule is CN1CC(C#CC#Cc2ccc3c(c2)CN(CCC(C)(C(=O)NOC2CCCCO2)S(C)(=O)=O)C3=O)C1. The number of rotatable bonds is 7. The molecule has 2 saturated heterocycles. The van der Waals surface area contributed by atoms with E-state index < -0.39 is 26.8 Å². The van der Waals surface area contributed by atoms with Crippen molar-refractivity contribution in [3.8, 4) is 23.7 Å². The maximum Gasteiger partial charge on any atom is 0.264 e. The Morgan fingerprint density at radius 3 is 2.73 bits per heavy atom. The van der Waals surface area contributed by atoms with Gasteiger partial charge in [-0.25, -0.2) is 18.7 Å². The molecule has 2 atom stereocenters. The van der Waals surface area contributed by atoms with Gasteiger partial charge in [-0.3, -0.25) is 9.59 Å². The van der Waals surface area contributed by atoms with Gasteiger partial charge in [-0.05, 0) is 68.8 Å². The maximum absolute atomic E-state index is 13.0. The lowest BCUT2D eigenvalue weighted by molar-refractivity contribution is -0.201. The number of benzene rings is 1. The minimum Gasteiger partial charge on any atom is -0.350 e. The van der Waals surface area contributed by atoms with Gasteiger partial charge in [0.25, 0.3) is 11.8 Å². The number of hydroxylamine groups is 1. The summed E-state index contributed by atoms with van der Waals surface area (Å²) < 4.78 is 28.9. The Bertz CT molecular complexity index is 1280. The zero-order chi connectivity index (χ0) is 26.6. The molecular weight excluding hydrogens is 494 g/mol. The first kappa shape index (κ1) is 27.2. The van der Waals surface area contributed by atoms with Crippen molar-refractivity contribution in [2.45, 2.75) is 50.2 Å². The number of sulfone groups is 1. The van der Waals surface area contributed by atoms with E-state index >= 15 is 0 Å². The van der Waals surface area contributed by atoms with Gasteiger partial charge in [-0.2, -0.15) is 0 Å². The smallest absolute Gasteiger partial charge is 0.264 e. The summed E-state index contributed by atoms with van der Waals surface area (Å²) in [5, 5.41) is 0. The molecule has 198 valence electrons. The third-order valence-corrected chi connectivity index (χ3v) is 9.20. The minimum absolute atomic E-state index is 0.0785. The Kier molecular flexibility index (Phi) is 8.25. The predicted molar refractivity (Wildman–Crippen MR) is 138 cm³/mol. The molecule has 10 heteroatoms. The molecule has 1 aromatic carbocycles. The number of nitrogens with zero attached hydrogens (tertiary/aromatic N) is 2. The van der Waals surface area contributed by atoms with Gasteiger partial charge in [0.1, 0.15) is 0 Å². The molecule has 0 aliphatic carbocycles. The highest BCUT2D eigenvalue weighted by Crippen LogP contribution is 2.28. The number of hydrogen-bond donors (Lipinski definition) is 1. The monoisotopic (exact) mass is 527 g/mol. The van der Waals surface area contributed by atoms with Crippen LogP contribution in [0, 0.1) is 29.6 Å². The van der Waals surface area contributed by atoms with Crippen molar-refractivity contribution in [2.24, 2.45) is 5.92 Å². The molecule has 9 nitrogen and oxygen atoms in total. The van der Waals surface area contributed by atoms with Crippen molar-refractivity contribution in [1.82, 2.24) is 15.3 Å². The first-order chi connectivity index (χ1) is 17.6. The van der Waals surface area contributed by atoms with Crippen LogP contribution in [0.4, 0.5) is 0 Å². The van der Waals surface area contributed by atoms with Crippen LogP contribution < -0.4 is 5.48 Å². The molecule has 0 radical (unpaired) electrons. The summed E-state index contributed by atoms with van der Waals surface area (Å²) in [5.41, 5.74) is 4.40. The number of carbonyl (C=O) groups is 2. The third kappa shape index (κ3) is 6.34. The molecule has 0 spiro atoms. The molecule has 3 aliphatic rings. The van der Waals surface area contributed by atoms with Crippen LogP contribution in [0.15, 0.2) is 18.2 Å². The highest BCUT2D eigenvalue weighted by atomic mass is 32.2. The van der Waals surface area contributed by atoms with Crippen molar-refractivity contribution in [3.05, 3.63) is 34.9 Å². The van der Waals surface area contributed by atoms with Crippen molar-refractivity contribution in [1.29, 1.82) is 0 Å². The summed E-state index contributed by atoms with van der Waals surface area (Å²) in [7, 11) is -1.77. The quantitative estimate of drug-likeness (QED) is 0.421. The molecule has 1 aromatic rings. The normalized spacial score (nSPS) is 21.5. The van der Waals surface area contributed by atoms with Crippen LogP contribution in [-0.2, 0) is 30.8 Å². The highest BCUT2D eigenvalue weighted by molar-refractivity contribution is 7.92. The molecule has 0 bridgehead atoms. The van der Waals surface area contributed by atoms with Crippen molar-refractivity contribution in [2.75, 3.05) is 39.5 Å². The first-order valence-corrected chi connectivity index (χ1v) is 14.4. The lowest BCUT2D eigenvalue weighted by Crippen LogP contribution is -2.52. The Labute approximate surface area is 218 Å². The van der Waals surface area contributed by atoms with Crippen LogP contribution in [0.2, 0.25) is 0 Å². The van der Waals surface area contributed by atoms with E-state index in [0.717, 1.165) is 43.3 Å². The Morgan fingerprint density at radius 2 is 2.05 bits per heavy atom. The lowest BCUT2D eigenvalue weighted by Gasteiger charge is -2.32. The van der Waals surface area contributed by atoms with Gasteiger partial charge >= 0.3 is 0 Å². The summed E-state index contributed by atoms with van der Waals surface area (Å²) in [6.45, 7) is 4.22. The van der Waals surface area contributed by atoms with E-state index in [-0.39, 0.29) is 18.9 Å². The Balaban J connectivity index is 1.37. The van der Waals surface area contributed by atoms with Crippen molar-refractivity contribution < 1.29 is 27.6 Å². The molecule has 0 aromatic heterocycles. The number of fused-ring (bicyclic) bond motifs is 1. The van der Waals surface area contributed by atoms with Crippen LogP contribution in [0.5, 0.6) is 0 Å². The van der Waals surface area contributed by atoms with Gasteiger partial charge in [0.05, 0.1) is 0 Å². The molecule has 2 fully saturated rings. The van der Waals surface area contributed by atoms with Crippen LogP contribution >= 0.6 is 0 Å². The average Bonchev–Trinajstić information content (AvgIpc) is 3.16. The van der Waals surface area contributed by atoms with Gasteiger partial charge < -0.3 is 14.5 Å². The van der Waals surface area contributed by atoms with Crippen molar-refractivity contribution in [3.63, 3.8) is 0 Å². The fourth-order valence-electron chi connectivity index (χ4n) is 4.52. The van der Waals surface area contributed by atoms with Gasteiger partial charge in [0, 0.05) is 62.5 Å². The van der Waals surface area contributed by atoms with Gasteiger partial charge in [-0.15, -0.1) is 0 Å². The van der Waals surface area contributed by atoms with E-state index in [4.69, 9.17) is 9.57 Å². The molecule has 4 rings (SSSR count). The Morgan fingerprint density at radius 1 is 1.27 bits per heavy atom. The fraction of sp³-hybridized carbons (Fsp3) is 0.556. The molecular formula is C27H33N3O6S. The molecule has 0 saturated carbocycles. The summed E-state index contributed by atoms with van der Waals surface area (Å²) in [5.74, 6) is 11.3. The van der Waals surface area contributed by atoms with Crippen LogP contribution in [0.25, 0.3) is 0 Å². The lowest BCUT2D eigenvalue weighted by atomic mass is 10.0. The highest BCUT2D eigenvalue weighted by Gasteiger charge is 2.45. The third-order valence-electron chi connectivity index (χ3n) is 7.17. The summed E-state index contributed by atoms with van der Waals surface area (Å²) in [6.07, 6.45) is 2.78. The topological polar surface area (TPSA) is 105 Å². The number of nitrogens with one attached hydrogen (secondary N) is 1. The van der Waals surface area contributed by atoms with E-state index in [0.29, 0.717) is 31.1 Å². The van der Waals surface area contributed by atoms with Gasteiger partial charge in [0.2, 0.25) is 0 Å². The average molecular weight is 528 g/mol. The van der Waals surface area contributed by atoms with E-state index in [2.05, 4.69) is 41.1 Å². The molecule has 3 aliphatic heterocycles. The van der Waals surface area contributed by atoms with Gasteiger partial charge in [-0.1, -0.05) is 11.8 Å². The predicted octanol–water partition coefficient (Wildman–Crippen LogP) is 1.33. The van der Waals surface area contributed by atoms with Crippen LogP contribution in [0.3, 0.4) is 0 Å². The molecule has 3 heterocycles. The largest absolute Gasteiger partial charge is 0.350 e.